The van der Waals surface area contributed by atoms with Crippen LogP contribution in [0.1, 0.15) is 23.2 Å². The quantitative estimate of drug-likeness (QED) is 0.917. The van der Waals surface area contributed by atoms with E-state index < -0.39 is 5.82 Å². The fourth-order valence-corrected chi connectivity index (χ4v) is 2.13. The summed E-state index contributed by atoms with van der Waals surface area (Å²) in [5, 5.41) is 6.14. The molecule has 7 heteroatoms. The van der Waals surface area contributed by atoms with Gasteiger partial charge < -0.3 is 14.7 Å². The zero-order valence-electron chi connectivity index (χ0n) is 11.7. The van der Waals surface area contributed by atoms with Crippen molar-refractivity contribution in [3.8, 4) is 0 Å². The van der Waals surface area contributed by atoms with Crippen LogP contribution in [0, 0.1) is 5.82 Å². The standard InChI is InChI=1S/C15H14FN3O3/c16-11-3-1-10(2-4-11)15(21)19(12-5-6-12)9-14(20)17-13-7-8-22-18-13/h1-4,7-8,12H,5-6,9H2,(H,17,18,20). The first-order valence-corrected chi connectivity index (χ1v) is 6.90. The van der Waals surface area contributed by atoms with E-state index in [2.05, 4.69) is 15.0 Å². The summed E-state index contributed by atoms with van der Waals surface area (Å²) < 4.78 is 17.6. The second-order valence-corrected chi connectivity index (χ2v) is 5.10. The Kier molecular flexibility index (Phi) is 3.86. The van der Waals surface area contributed by atoms with Gasteiger partial charge in [-0.1, -0.05) is 5.16 Å². The number of rotatable bonds is 5. The van der Waals surface area contributed by atoms with E-state index >= 15 is 0 Å². The summed E-state index contributed by atoms with van der Waals surface area (Å²) in [5.41, 5.74) is 0.363. The number of anilines is 1. The highest BCUT2D eigenvalue weighted by molar-refractivity contribution is 5.99. The summed E-state index contributed by atoms with van der Waals surface area (Å²) in [4.78, 5) is 26.0. The van der Waals surface area contributed by atoms with Crippen LogP contribution < -0.4 is 5.32 Å². The molecule has 0 radical (unpaired) electrons. The van der Waals surface area contributed by atoms with Crippen LogP contribution in [-0.2, 0) is 4.79 Å². The first-order valence-electron chi connectivity index (χ1n) is 6.90. The third-order valence-electron chi connectivity index (χ3n) is 3.36. The van der Waals surface area contributed by atoms with E-state index in [1.54, 1.807) is 0 Å². The molecular formula is C15H14FN3O3. The Morgan fingerprint density at radius 1 is 1.27 bits per heavy atom. The van der Waals surface area contributed by atoms with Gasteiger partial charge in [0.05, 0.1) is 0 Å². The van der Waals surface area contributed by atoms with Gasteiger partial charge in [-0.05, 0) is 37.1 Å². The van der Waals surface area contributed by atoms with Gasteiger partial charge in [-0.15, -0.1) is 0 Å². The van der Waals surface area contributed by atoms with Crippen LogP contribution in [0.15, 0.2) is 41.1 Å². The number of aromatic nitrogens is 1. The zero-order valence-corrected chi connectivity index (χ0v) is 11.7. The number of carbonyl (C=O) groups excluding carboxylic acids is 2. The van der Waals surface area contributed by atoms with E-state index in [-0.39, 0.29) is 24.4 Å². The minimum atomic E-state index is -0.404. The number of hydrogen-bond acceptors (Lipinski definition) is 4. The number of halogens is 1. The molecular weight excluding hydrogens is 289 g/mol. The predicted octanol–water partition coefficient (Wildman–Crippen LogP) is 2.06. The molecule has 1 aliphatic rings. The van der Waals surface area contributed by atoms with Crippen molar-refractivity contribution in [2.24, 2.45) is 0 Å². The van der Waals surface area contributed by atoms with Crippen molar-refractivity contribution in [1.29, 1.82) is 0 Å². The number of nitrogens with zero attached hydrogens (tertiary/aromatic N) is 2. The number of carbonyl (C=O) groups is 2. The molecule has 6 nitrogen and oxygen atoms in total. The molecule has 1 fully saturated rings. The molecule has 1 aliphatic carbocycles. The van der Waals surface area contributed by atoms with E-state index in [4.69, 9.17) is 0 Å². The van der Waals surface area contributed by atoms with Crippen molar-refractivity contribution < 1.29 is 18.5 Å². The van der Waals surface area contributed by atoms with Gasteiger partial charge in [-0.3, -0.25) is 9.59 Å². The van der Waals surface area contributed by atoms with E-state index in [1.807, 2.05) is 0 Å². The van der Waals surface area contributed by atoms with Crippen LogP contribution in [0.4, 0.5) is 10.2 Å². The first kappa shape index (κ1) is 14.2. The summed E-state index contributed by atoms with van der Waals surface area (Å²) in [6.45, 7) is -0.0757. The maximum atomic E-state index is 12.9. The predicted molar refractivity (Wildman–Crippen MR) is 75.6 cm³/mol. The molecule has 2 amide bonds. The minimum Gasteiger partial charge on any atom is -0.363 e. The number of amides is 2. The van der Waals surface area contributed by atoms with Crippen LogP contribution in [0.5, 0.6) is 0 Å². The average Bonchev–Trinajstić information content (AvgIpc) is 3.23. The Balaban J connectivity index is 1.68. The van der Waals surface area contributed by atoms with Crippen LogP contribution in [0.3, 0.4) is 0 Å². The maximum Gasteiger partial charge on any atom is 0.254 e. The normalized spacial score (nSPS) is 13.7. The smallest absolute Gasteiger partial charge is 0.254 e. The third-order valence-corrected chi connectivity index (χ3v) is 3.36. The van der Waals surface area contributed by atoms with Crippen molar-refractivity contribution in [1.82, 2.24) is 10.1 Å². The number of benzene rings is 1. The van der Waals surface area contributed by atoms with E-state index in [1.165, 1.54) is 41.5 Å². The highest BCUT2D eigenvalue weighted by Gasteiger charge is 2.34. The van der Waals surface area contributed by atoms with Crippen molar-refractivity contribution >= 4 is 17.6 Å². The van der Waals surface area contributed by atoms with Gasteiger partial charge in [0.25, 0.3) is 5.91 Å². The second-order valence-electron chi connectivity index (χ2n) is 5.10. The molecule has 114 valence electrons. The summed E-state index contributed by atoms with van der Waals surface area (Å²) in [6.07, 6.45) is 3.08. The molecule has 0 bridgehead atoms. The van der Waals surface area contributed by atoms with Gasteiger partial charge in [0.1, 0.15) is 18.6 Å². The fraction of sp³-hybridized carbons (Fsp3) is 0.267. The molecule has 22 heavy (non-hydrogen) atoms. The number of hydrogen-bond donors (Lipinski definition) is 1. The minimum absolute atomic E-state index is 0.0561. The molecule has 1 saturated carbocycles. The lowest BCUT2D eigenvalue weighted by molar-refractivity contribution is -0.117. The zero-order chi connectivity index (χ0) is 15.5. The maximum absolute atomic E-state index is 12.9. The van der Waals surface area contributed by atoms with Crippen LogP contribution in [0.2, 0.25) is 0 Å². The van der Waals surface area contributed by atoms with Gasteiger partial charge in [0.2, 0.25) is 5.91 Å². The highest BCUT2D eigenvalue weighted by Crippen LogP contribution is 2.28. The second kappa shape index (κ2) is 5.97. The molecule has 0 aliphatic heterocycles. The summed E-state index contributed by atoms with van der Waals surface area (Å²) in [5.74, 6) is -0.734. The number of nitrogens with one attached hydrogen (secondary N) is 1. The van der Waals surface area contributed by atoms with Gasteiger partial charge in [-0.2, -0.15) is 0 Å². The summed E-state index contributed by atoms with van der Waals surface area (Å²) in [7, 11) is 0. The van der Waals surface area contributed by atoms with Gasteiger partial charge in [0.15, 0.2) is 5.82 Å². The van der Waals surface area contributed by atoms with Crippen molar-refractivity contribution in [3.05, 3.63) is 48.0 Å². The Morgan fingerprint density at radius 3 is 2.59 bits per heavy atom. The van der Waals surface area contributed by atoms with Crippen LogP contribution in [0.25, 0.3) is 0 Å². The lowest BCUT2D eigenvalue weighted by atomic mass is 10.2. The van der Waals surface area contributed by atoms with Crippen LogP contribution >= 0.6 is 0 Å². The third kappa shape index (κ3) is 3.30. The van der Waals surface area contributed by atoms with Crippen molar-refractivity contribution in [2.75, 3.05) is 11.9 Å². The molecule has 1 heterocycles. The average molecular weight is 303 g/mol. The molecule has 1 aromatic heterocycles. The Bertz CT molecular complexity index is 666. The molecule has 2 aromatic rings. The summed E-state index contributed by atoms with van der Waals surface area (Å²) in [6, 6.07) is 6.87. The Morgan fingerprint density at radius 2 is 2.00 bits per heavy atom. The topological polar surface area (TPSA) is 75.4 Å². The Hall–Kier alpha value is -2.70. The molecule has 0 spiro atoms. The monoisotopic (exact) mass is 303 g/mol. The van der Waals surface area contributed by atoms with Crippen molar-refractivity contribution in [3.63, 3.8) is 0 Å². The molecule has 3 rings (SSSR count). The van der Waals surface area contributed by atoms with Crippen molar-refractivity contribution in [2.45, 2.75) is 18.9 Å². The van der Waals surface area contributed by atoms with Crippen LogP contribution in [-0.4, -0.2) is 34.5 Å². The van der Waals surface area contributed by atoms with Gasteiger partial charge in [0, 0.05) is 17.7 Å². The van der Waals surface area contributed by atoms with E-state index in [0.717, 1.165) is 12.8 Å². The molecule has 1 N–H and O–H groups in total. The molecule has 1 aromatic carbocycles. The van der Waals surface area contributed by atoms with E-state index in [9.17, 15) is 14.0 Å². The van der Waals surface area contributed by atoms with Gasteiger partial charge >= 0.3 is 0 Å². The van der Waals surface area contributed by atoms with E-state index in [0.29, 0.717) is 11.4 Å². The summed E-state index contributed by atoms with van der Waals surface area (Å²) >= 11 is 0. The lowest BCUT2D eigenvalue weighted by Crippen LogP contribution is -2.39. The molecule has 0 atom stereocenters. The lowest BCUT2D eigenvalue weighted by Gasteiger charge is -2.21. The fourth-order valence-electron chi connectivity index (χ4n) is 2.13. The first-order chi connectivity index (χ1) is 10.6. The molecule has 0 unspecified atom stereocenters. The molecule has 0 saturated heterocycles. The SMILES string of the molecule is O=C(CN(C(=O)c1ccc(F)cc1)C1CC1)Nc1ccon1. The highest BCUT2D eigenvalue weighted by atomic mass is 19.1. The Labute approximate surface area is 125 Å². The largest absolute Gasteiger partial charge is 0.363 e. The van der Waals surface area contributed by atoms with Gasteiger partial charge in [-0.25, -0.2) is 4.39 Å².